The van der Waals surface area contributed by atoms with Gasteiger partial charge in [-0.25, -0.2) is 4.79 Å². The lowest BCUT2D eigenvalue weighted by Crippen LogP contribution is -2.37. The minimum Gasteiger partial charge on any atom is -0.489 e. The molecule has 0 radical (unpaired) electrons. The molecule has 2 N–H and O–H groups in total. The Labute approximate surface area is 206 Å². The van der Waals surface area contributed by atoms with Crippen molar-refractivity contribution < 1.29 is 14.6 Å². The highest BCUT2D eigenvalue weighted by atomic mass is 35.5. The monoisotopic (exact) mass is 473 g/mol. The summed E-state index contributed by atoms with van der Waals surface area (Å²) < 4.78 is 6.35. The summed E-state index contributed by atoms with van der Waals surface area (Å²) in [6.07, 6.45) is 0.653. The third kappa shape index (κ3) is 4.65. The van der Waals surface area contributed by atoms with Gasteiger partial charge in [-0.1, -0.05) is 78.9 Å². The number of carbonyl (C=O) groups is 1. The van der Waals surface area contributed by atoms with Crippen molar-refractivity contribution in [3.8, 4) is 5.75 Å². The highest BCUT2D eigenvalue weighted by molar-refractivity contribution is 5.90. The fraction of sp³-hybridized carbons (Fsp3) is 0.207. The van der Waals surface area contributed by atoms with E-state index in [0.717, 1.165) is 23.3 Å². The van der Waals surface area contributed by atoms with Gasteiger partial charge >= 0.3 is 5.97 Å². The SMILES string of the molecule is CC(NC[C@@H]1CC(c2ccccc2C(=O)O)c2ccccc2O1)c1cccc2ccccc12.Cl. The van der Waals surface area contributed by atoms with E-state index in [9.17, 15) is 9.90 Å². The molecule has 4 aromatic rings. The molecule has 1 aliphatic rings. The summed E-state index contributed by atoms with van der Waals surface area (Å²) in [6.45, 7) is 2.85. The number of carboxylic acid groups (broad SMARTS) is 1. The number of carboxylic acids is 1. The molecule has 4 aromatic carbocycles. The van der Waals surface area contributed by atoms with Gasteiger partial charge in [0.15, 0.2) is 0 Å². The summed E-state index contributed by atoms with van der Waals surface area (Å²) in [4.78, 5) is 11.9. The number of ether oxygens (including phenoxy) is 1. The molecule has 0 aromatic heterocycles. The van der Waals surface area contributed by atoms with Crippen molar-refractivity contribution >= 4 is 29.1 Å². The number of aromatic carboxylic acids is 1. The molecule has 0 fully saturated rings. The number of nitrogens with one attached hydrogen (secondary N) is 1. The van der Waals surface area contributed by atoms with E-state index in [1.165, 1.54) is 16.3 Å². The number of rotatable bonds is 6. The quantitative estimate of drug-likeness (QED) is 0.331. The van der Waals surface area contributed by atoms with Crippen molar-refractivity contribution in [1.82, 2.24) is 5.32 Å². The van der Waals surface area contributed by atoms with E-state index in [1.807, 2.05) is 36.4 Å². The van der Waals surface area contributed by atoms with E-state index >= 15 is 0 Å². The largest absolute Gasteiger partial charge is 0.489 e. The Morgan fingerprint density at radius 1 is 0.941 bits per heavy atom. The Morgan fingerprint density at radius 3 is 2.44 bits per heavy atom. The van der Waals surface area contributed by atoms with Crippen LogP contribution in [0.2, 0.25) is 0 Å². The lowest BCUT2D eigenvalue weighted by Gasteiger charge is -2.34. The summed E-state index contributed by atoms with van der Waals surface area (Å²) in [5, 5.41) is 15.9. The maximum atomic E-state index is 11.9. The summed E-state index contributed by atoms with van der Waals surface area (Å²) >= 11 is 0. The van der Waals surface area contributed by atoms with Crippen molar-refractivity contribution in [3.63, 3.8) is 0 Å². The topological polar surface area (TPSA) is 58.6 Å². The standard InChI is InChI=1S/C29H27NO3.ClH/c1-19(22-15-8-10-20-9-2-3-11-23(20)22)30-18-21-17-27(25-13-6-7-16-28(25)33-21)24-12-4-5-14-26(24)29(31)32;/h2-16,19,21,27,30H,17-18H2,1H3,(H,31,32);1H/t19?,21-,27?;/m0./s1. The summed E-state index contributed by atoms with van der Waals surface area (Å²) in [7, 11) is 0. The van der Waals surface area contributed by atoms with Crippen LogP contribution in [0.1, 0.15) is 52.4 Å². The first-order valence-electron chi connectivity index (χ1n) is 11.4. The first kappa shape index (κ1) is 23.8. The number of para-hydroxylation sites is 1. The van der Waals surface area contributed by atoms with Gasteiger partial charge in [0.1, 0.15) is 11.9 Å². The minimum absolute atomic E-state index is 0. The fourth-order valence-corrected chi connectivity index (χ4v) is 4.95. The van der Waals surface area contributed by atoms with E-state index in [0.29, 0.717) is 12.1 Å². The van der Waals surface area contributed by atoms with Gasteiger partial charge < -0.3 is 15.2 Å². The number of hydrogen-bond acceptors (Lipinski definition) is 3. The first-order valence-corrected chi connectivity index (χ1v) is 11.4. The molecule has 1 heterocycles. The summed E-state index contributed by atoms with van der Waals surface area (Å²) in [5.74, 6) is -0.0886. The molecule has 0 amide bonds. The predicted octanol–water partition coefficient (Wildman–Crippen LogP) is 6.59. The molecule has 1 aliphatic heterocycles. The Balaban J connectivity index is 0.00000274. The third-order valence-electron chi connectivity index (χ3n) is 6.59. The van der Waals surface area contributed by atoms with E-state index in [4.69, 9.17) is 4.74 Å². The van der Waals surface area contributed by atoms with Crippen molar-refractivity contribution in [1.29, 1.82) is 0 Å². The van der Waals surface area contributed by atoms with Gasteiger partial charge in [-0.3, -0.25) is 0 Å². The first-order chi connectivity index (χ1) is 16.1. The second kappa shape index (κ2) is 10.3. The molecule has 34 heavy (non-hydrogen) atoms. The van der Waals surface area contributed by atoms with Crippen LogP contribution in [0.3, 0.4) is 0 Å². The molecule has 5 heteroatoms. The van der Waals surface area contributed by atoms with Crippen molar-refractivity contribution in [2.45, 2.75) is 31.4 Å². The number of fused-ring (bicyclic) bond motifs is 2. The van der Waals surface area contributed by atoms with E-state index in [1.54, 1.807) is 12.1 Å². The molecule has 3 atom stereocenters. The zero-order valence-corrected chi connectivity index (χ0v) is 19.8. The molecule has 0 bridgehead atoms. The molecular weight excluding hydrogens is 446 g/mol. The number of halogens is 1. The Kier molecular flexibility index (Phi) is 7.20. The van der Waals surface area contributed by atoms with E-state index < -0.39 is 5.97 Å². The highest BCUT2D eigenvalue weighted by Crippen LogP contribution is 2.41. The molecule has 174 valence electrons. The van der Waals surface area contributed by atoms with Crippen molar-refractivity contribution in [2.75, 3.05) is 6.54 Å². The second-order valence-electron chi connectivity index (χ2n) is 8.66. The van der Waals surface area contributed by atoms with Crippen LogP contribution in [-0.2, 0) is 0 Å². The van der Waals surface area contributed by atoms with Gasteiger partial charge in [0.25, 0.3) is 0 Å². The molecule has 0 aliphatic carbocycles. The van der Waals surface area contributed by atoms with Gasteiger partial charge in [0.2, 0.25) is 0 Å². The summed E-state index contributed by atoms with van der Waals surface area (Å²) in [5.41, 5.74) is 3.50. The van der Waals surface area contributed by atoms with Gasteiger partial charge in [-0.05, 0) is 47.4 Å². The number of benzene rings is 4. The highest BCUT2D eigenvalue weighted by Gasteiger charge is 2.31. The van der Waals surface area contributed by atoms with E-state index in [-0.39, 0.29) is 30.5 Å². The molecule has 0 saturated heterocycles. The van der Waals surface area contributed by atoms with Crippen LogP contribution in [0.15, 0.2) is 91.0 Å². The Morgan fingerprint density at radius 2 is 1.62 bits per heavy atom. The van der Waals surface area contributed by atoms with Crippen LogP contribution in [0.5, 0.6) is 5.75 Å². The van der Waals surface area contributed by atoms with Crippen molar-refractivity contribution in [2.24, 2.45) is 0 Å². The van der Waals surface area contributed by atoms with Crippen LogP contribution in [-0.4, -0.2) is 23.7 Å². The summed E-state index contributed by atoms with van der Waals surface area (Å²) in [6, 6.07) is 30.3. The minimum atomic E-state index is -0.895. The fourth-order valence-electron chi connectivity index (χ4n) is 4.95. The maximum Gasteiger partial charge on any atom is 0.335 e. The smallest absolute Gasteiger partial charge is 0.335 e. The number of hydrogen-bond donors (Lipinski definition) is 2. The van der Waals surface area contributed by atoms with Crippen molar-refractivity contribution in [3.05, 3.63) is 113 Å². The van der Waals surface area contributed by atoms with Crippen LogP contribution < -0.4 is 10.1 Å². The van der Waals surface area contributed by atoms with Gasteiger partial charge in [0, 0.05) is 24.1 Å². The normalized spacial score (nSPS) is 17.8. The van der Waals surface area contributed by atoms with Crippen LogP contribution in [0, 0.1) is 0 Å². The lowest BCUT2D eigenvalue weighted by atomic mass is 9.82. The second-order valence-corrected chi connectivity index (χ2v) is 8.66. The Bertz CT molecular complexity index is 1300. The van der Waals surface area contributed by atoms with Crippen LogP contribution >= 0.6 is 12.4 Å². The third-order valence-corrected chi connectivity index (χ3v) is 6.59. The average molecular weight is 474 g/mol. The Hall–Kier alpha value is -3.34. The molecular formula is C29H28ClNO3. The van der Waals surface area contributed by atoms with Crippen LogP contribution in [0.25, 0.3) is 10.8 Å². The molecule has 2 unspecified atom stereocenters. The molecule has 0 spiro atoms. The average Bonchev–Trinajstić information content (AvgIpc) is 2.86. The molecule has 0 saturated carbocycles. The zero-order valence-electron chi connectivity index (χ0n) is 19.0. The van der Waals surface area contributed by atoms with Gasteiger partial charge in [-0.2, -0.15) is 0 Å². The van der Waals surface area contributed by atoms with E-state index in [2.05, 4.69) is 54.7 Å². The zero-order chi connectivity index (χ0) is 22.8. The van der Waals surface area contributed by atoms with Gasteiger partial charge in [-0.15, -0.1) is 12.4 Å². The van der Waals surface area contributed by atoms with Gasteiger partial charge in [0.05, 0.1) is 5.56 Å². The molecule has 4 nitrogen and oxygen atoms in total. The lowest BCUT2D eigenvalue weighted by molar-refractivity contribution is 0.0694. The predicted molar refractivity (Wildman–Crippen MR) is 138 cm³/mol. The maximum absolute atomic E-state index is 11.9. The van der Waals surface area contributed by atoms with Crippen LogP contribution in [0.4, 0.5) is 0 Å². The molecule has 5 rings (SSSR count).